The molecule has 70 valence electrons. The summed E-state index contributed by atoms with van der Waals surface area (Å²) in [6, 6.07) is 0. The van der Waals surface area contributed by atoms with Crippen LogP contribution in [0.5, 0.6) is 0 Å². The van der Waals surface area contributed by atoms with E-state index in [2.05, 4.69) is 5.32 Å². The van der Waals surface area contributed by atoms with Crippen molar-refractivity contribution in [2.24, 2.45) is 5.92 Å². The van der Waals surface area contributed by atoms with Crippen LogP contribution in [0.3, 0.4) is 0 Å². The first-order valence-electron chi connectivity index (χ1n) is 4.80. The molecule has 1 saturated heterocycles. The van der Waals surface area contributed by atoms with E-state index < -0.39 is 0 Å². The molecule has 0 radical (unpaired) electrons. The average Bonchev–Trinajstić information content (AvgIpc) is 2.63. The number of carbonyl (C=O) groups is 2. The molecule has 1 heterocycles. The van der Waals surface area contributed by atoms with Crippen LogP contribution in [0.15, 0.2) is 11.6 Å². The molecular weight excluding hydrogens is 166 g/mol. The summed E-state index contributed by atoms with van der Waals surface area (Å²) in [5.41, 5.74) is 0.678. The van der Waals surface area contributed by atoms with E-state index in [0.717, 1.165) is 0 Å². The Labute approximate surface area is 77.2 Å². The van der Waals surface area contributed by atoms with E-state index in [0.29, 0.717) is 11.5 Å². The van der Waals surface area contributed by atoms with Gasteiger partial charge in [0.25, 0.3) is 5.91 Å². The molecule has 2 amide bonds. The van der Waals surface area contributed by atoms with Crippen molar-refractivity contribution >= 4 is 11.8 Å². The second-order valence-electron chi connectivity index (χ2n) is 3.79. The van der Waals surface area contributed by atoms with E-state index in [1.165, 1.54) is 25.7 Å². The average molecular weight is 179 g/mol. The van der Waals surface area contributed by atoms with Crippen molar-refractivity contribution in [3.05, 3.63) is 11.6 Å². The van der Waals surface area contributed by atoms with Gasteiger partial charge in [-0.1, -0.05) is 18.9 Å². The standard InChI is InChI=1S/C10H13NO2/c12-9-6-8(10(13)11-9)5-7-3-1-2-4-7/h5,7H,1-4,6H2,(H,11,12,13). The van der Waals surface area contributed by atoms with Gasteiger partial charge in [0.15, 0.2) is 0 Å². The molecule has 0 spiro atoms. The maximum Gasteiger partial charge on any atom is 0.253 e. The highest BCUT2D eigenvalue weighted by molar-refractivity contribution is 6.13. The molecule has 3 heteroatoms. The molecule has 0 aromatic heterocycles. The minimum Gasteiger partial charge on any atom is -0.292 e. The van der Waals surface area contributed by atoms with Crippen molar-refractivity contribution in [2.75, 3.05) is 0 Å². The lowest BCUT2D eigenvalue weighted by Crippen LogP contribution is -2.19. The van der Waals surface area contributed by atoms with Crippen LogP contribution in [0.1, 0.15) is 32.1 Å². The van der Waals surface area contributed by atoms with Crippen LogP contribution in [0, 0.1) is 5.92 Å². The monoisotopic (exact) mass is 179 g/mol. The lowest BCUT2D eigenvalue weighted by molar-refractivity contribution is -0.124. The highest BCUT2D eigenvalue weighted by atomic mass is 16.2. The van der Waals surface area contributed by atoms with Gasteiger partial charge in [-0.25, -0.2) is 0 Å². The van der Waals surface area contributed by atoms with Crippen molar-refractivity contribution in [1.82, 2.24) is 5.32 Å². The third-order valence-corrected chi connectivity index (χ3v) is 2.73. The number of imide groups is 1. The molecule has 0 aromatic carbocycles. The zero-order valence-corrected chi connectivity index (χ0v) is 7.51. The Kier molecular flexibility index (Phi) is 2.17. The molecule has 13 heavy (non-hydrogen) atoms. The lowest BCUT2D eigenvalue weighted by atomic mass is 10.0. The zero-order valence-electron chi connectivity index (χ0n) is 7.51. The van der Waals surface area contributed by atoms with Gasteiger partial charge in [-0.3, -0.25) is 14.9 Å². The number of amides is 2. The fourth-order valence-corrected chi connectivity index (χ4v) is 2.05. The molecule has 2 rings (SSSR count). The first-order chi connectivity index (χ1) is 6.25. The van der Waals surface area contributed by atoms with Gasteiger partial charge in [0.1, 0.15) is 0 Å². The van der Waals surface area contributed by atoms with E-state index in [-0.39, 0.29) is 18.2 Å². The molecule has 1 aliphatic carbocycles. The van der Waals surface area contributed by atoms with Gasteiger partial charge in [0, 0.05) is 5.57 Å². The van der Waals surface area contributed by atoms with Gasteiger partial charge in [-0.2, -0.15) is 0 Å². The Bertz CT molecular complexity index is 275. The van der Waals surface area contributed by atoms with Crippen molar-refractivity contribution in [2.45, 2.75) is 32.1 Å². The molecular formula is C10H13NO2. The highest BCUT2D eigenvalue weighted by Crippen LogP contribution is 2.28. The summed E-state index contributed by atoms with van der Waals surface area (Å²) in [5, 5.41) is 2.29. The van der Waals surface area contributed by atoms with E-state index in [1.54, 1.807) is 0 Å². The number of carbonyl (C=O) groups excluding carboxylic acids is 2. The fourth-order valence-electron chi connectivity index (χ4n) is 2.05. The number of nitrogens with one attached hydrogen (secondary N) is 1. The van der Waals surface area contributed by atoms with Crippen molar-refractivity contribution in [3.8, 4) is 0 Å². The second kappa shape index (κ2) is 3.32. The summed E-state index contributed by atoms with van der Waals surface area (Å²) in [6.45, 7) is 0. The molecule has 2 aliphatic rings. The Balaban J connectivity index is 2.06. The number of hydrogen-bond donors (Lipinski definition) is 1. The molecule has 3 nitrogen and oxygen atoms in total. The van der Waals surface area contributed by atoms with Crippen molar-refractivity contribution < 1.29 is 9.59 Å². The smallest absolute Gasteiger partial charge is 0.253 e. The molecule has 0 aromatic rings. The SMILES string of the molecule is O=C1CC(=CC2CCCC2)C(=O)N1. The number of hydrogen-bond acceptors (Lipinski definition) is 2. The van der Waals surface area contributed by atoms with Crippen LogP contribution in [-0.4, -0.2) is 11.8 Å². The maximum atomic E-state index is 11.2. The third-order valence-electron chi connectivity index (χ3n) is 2.73. The van der Waals surface area contributed by atoms with Gasteiger partial charge in [-0.05, 0) is 18.8 Å². The quantitative estimate of drug-likeness (QED) is 0.485. The predicted octanol–water partition coefficient (Wildman–Crippen LogP) is 1.15. The topological polar surface area (TPSA) is 46.2 Å². The molecule has 1 saturated carbocycles. The van der Waals surface area contributed by atoms with Crippen molar-refractivity contribution in [3.63, 3.8) is 0 Å². The van der Waals surface area contributed by atoms with Crippen molar-refractivity contribution in [1.29, 1.82) is 0 Å². The molecule has 0 atom stereocenters. The van der Waals surface area contributed by atoms with Gasteiger partial charge >= 0.3 is 0 Å². The normalized spacial score (nSPS) is 27.2. The summed E-state index contributed by atoms with van der Waals surface area (Å²) < 4.78 is 0. The molecule has 0 bridgehead atoms. The maximum absolute atomic E-state index is 11.2. The van der Waals surface area contributed by atoms with Crippen LogP contribution >= 0.6 is 0 Å². The first-order valence-corrected chi connectivity index (χ1v) is 4.80. The minimum atomic E-state index is -0.183. The summed E-state index contributed by atoms with van der Waals surface area (Å²) in [4.78, 5) is 22.0. The zero-order chi connectivity index (χ0) is 9.26. The largest absolute Gasteiger partial charge is 0.292 e. The molecule has 0 unspecified atom stereocenters. The van der Waals surface area contributed by atoms with Gasteiger partial charge < -0.3 is 0 Å². The number of rotatable bonds is 1. The van der Waals surface area contributed by atoms with Crippen LogP contribution in [0.4, 0.5) is 0 Å². The third kappa shape index (κ3) is 1.79. The molecule has 1 aliphatic heterocycles. The Morgan fingerprint density at radius 2 is 1.92 bits per heavy atom. The second-order valence-corrected chi connectivity index (χ2v) is 3.79. The fraction of sp³-hybridized carbons (Fsp3) is 0.600. The summed E-state index contributed by atoms with van der Waals surface area (Å²) in [7, 11) is 0. The van der Waals surface area contributed by atoms with E-state index in [4.69, 9.17) is 0 Å². The van der Waals surface area contributed by atoms with Crippen LogP contribution < -0.4 is 5.32 Å². The highest BCUT2D eigenvalue weighted by Gasteiger charge is 2.25. The predicted molar refractivity (Wildman–Crippen MR) is 47.8 cm³/mol. The van der Waals surface area contributed by atoms with Gasteiger partial charge in [0.2, 0.25) is 5.91 Å². The molecule has 1 N–H and O–H groups in total. The Morgan fingerprint density at radius 1 is 1.23 bits per heavy atom. The summed E-state index contributed by atoms with van der Waals surface area (Å²) in [5.74, 6) is 0.192. The first kappa shape index (κ1) is 8.48. The van der Waals surface area contributed by atoms with Crippen LogP contribution in [-0.2, 0) is 9.59 Å². The van der Waals surface area contributed by atoms with Crippen LogP contribution in [0.2, 0.25) is 0 Å². The Hall–Kier alpha value is -1.12. The number of allylic oxidation sites excluding steroid dienone is 1. The molecule has 2 fully saturated rings. The Morgan fingerprint density at radius 3 is 2.46 bits per heavy atom. The van der Waals surface area contributed by atoms with E-state index in [9.17, 15) is 9.59 Å². The van der Waals surface area contributed by atoms with Crippen LogP contribution in [0.25, 0.3) is 0 Å². The minimum absolute atomic E-state index is 0.158. The van der Waals surface area contributed by atoms with Gasteiger partial charge in [0.05, 0.1) is 6.42 Å². The van der Waals surface area contributed by atoms with Gasteiger partial charge in [-0.15, -0.1) is 0 Å². The summed E-state index contributed by atoms with van der Waals surface area (Å²) in [6.07, 6.45) is 7.13. The van der Waals surface area contributed by atoms with E-state index in [1.807, 2.05) is 6.08 Å². The summed E-state index contributed by atoms with van der Waals surface area (Å²) >= 11 is 0. The van der Waals surface area contributed by atoms with E-state index >= 15 is 0 Å². The lowest BCUT2D eigenvalue weighted by Gasteiger charge is -2.01.